The highest BCUT2D eigenvalue weighted by molar-refractivity contribution is 9.10. The van der Waals surface area contributed by atoms with Crippen LogP contribution in [0, 0.1) is 15.9 Å². The molecule has 19 heavy (non-hydrogen) atoms. The number of hydrogen-bond donors (Lipinski definition) is 1. The molecule has 0 unspecified atom stereocenters. The van der Waals surface area contributed by atoms with E-state index in [1.54, 1.807) is 0 Å². The number of hydrogen-bond acceptors (Lipinski definition) is 4. The molecule has 0 bridgehead atoms. The SMILES string of the molecule is C/C(=C/C(=O)O)COc1cc(F)c(Br)cc1[N+](=O)[O-]. The molecule has 1 aromatic rings. The summed E-state index contributed by atoms with van der Waals surface area (Å²) in [6.07, 6.45) is 0.904. The number of nitrogens with zero attached hydrogens (tertiary/aromatic N) is 1. The zero-order valence-corrected chi connectivity index (χ0v) is 11.3. The Bertz CT molecular complexity index is 558. The van der Waals surface area contributed by atoms with Crippen molar-refractivity contribution in [2.24, 2.45) is 0 Å². The molecule has 6 nitrogen and oxygen atoms in total. The number of ether oxygens (including phenoxy) is 1. The maximum absolute atomic E-state index is 13.3. The van der Waals surface area contributed by atoms with Gasteiger partial charge in [0, 0.05) is 18.2 Å². The van der Waals surface area contributed by atoms with Gasteiger partial charge in [-0.25, -0.2) is 9.18 Å². The summed E-state index contributed by atoms with van der Waals surface area (Å²) in [4.78, 5) is 20.5. The molecule has 102 valence electrons. The number of aliphatic carboxylic acids is 1. The van der Waals surface area contributed by atoms with Crippen molar-refractivity contribution in [1.82, 2.24) is 0 Å². The maximum atomic E-state index is 13.3. The molecular weight excluding hydrogens is 325 g/mol. The Morgan fingerprint density at radius 2 is 2.26 bits per heavy atom. The van der Waals surface area contributed by atoms with Gasteiger partial charge in [-0.2, -0.15) is 0 Å². The van der Waals surface area contributed by atoms with Gasteiger partial charge in [0.15, 0.2) is 5.75 Å². The summed E-state index contributed by atoms with van der Waals surface area (Å²) in [6.45, 7) is 1.30. The third-order valence-electron chi connectivity index (χ3n) is 2.02. The number of benzene rings is 1. The minimum absolute atomic E-state index is 0.0515. The Morgan fingerprint density at radius 1 is 1.63 bits per heavy atom. The molecule has 0 saturated heterocycles. The Morgan fingerprint density at radius 3 is 2.79 bits per heavy atom. The van der Waals surface area contributed by atoms with Gasteiger partial charge >= 0.3 is 11.7 Å². The molecule has 0 aliphatic carbocycles. The topological polar surface area (TPSA) is 89.7 Å². The fraction of sp³-hybridized carbons (Fsp3) is 0.182. The Labute approximate surface area is 115 Å². The summed E-state index contributed by atoms with van der Waals surface area (Å²) in [7, 11) is 0. The van der Waals surface area contributed by atoms with Gasteiger partial charge in [0.05, 0.1) is 9.40 Å². The lowest BCUT2D eigenvalue weighted by molar-refractivity contribution is -0.386. The molecule has 1 N–H and O–H groups in total. The summed E-state index contributed by atoms with van der Waals surface area (Å²) in [6, 6.07) is 1.86. The van der Waals surface area contributed by atoms with Crippen LogP contribution >= 0.6 is 15.9 Å². The van der Waals surface area contributed by atoms with Gasteiger partial charge < -0.3 is 9.84 Å². The lowest BCUT2D eigenvalue weighted by Gasteiger charge is -2.07. The first-order chi connectivity index (χ1) is 8.81. The first kappa shape index (κ1) is 15.1. The molecule has 1 rings (SSSR count). The molecule has 0 fully saturated rings. The molecule has 1 aromatic carbocycles. The first-order valence-electron chi connectivity index (χ1n) is 4.97. The monoisotopic (exact) mass is 333 g/mol. The third-order valence-corrected chi connectivity index (χ3v) is 2.63. The highest BCUT2D eigenvalue weighted by Crippen LogP contribution is 2.32. The van der Waals surface area contributed by atoms with Crippen LogP contribution in [0.3, 0.4) is 0 Å². The van der Waals surface area contributed by atoms with Crippen molar-refractivity contribution in [3.05, 3.63) is 44.2 Å². The van der Waals surface area contributed by atoms with E-state index in [0.717, 1.165) is 18.2 Å². The van der Waals surface area contributed by atoms with E-state index in [-0.39, 0.29) is 16.8 Å². The molecule has 0 saturated carbocycles. The van der Waals surface area contributed by atoms with Gasteiger partial charge in [0.1, 0.15) is 12.4 Å². The van der Waals surface area contributed by atoms with Crippen molar-refractivity contribution in [2.75, 3.05) is 6.61 Å². The predicted molar refractivity (Wildman–Crippen MR) is 67.6 cm³/mol. The van der Waals surface area contributed by atoms with Crippen LogP contribution in [0.1, 0.15) is 6.92 Å². The van der Waals surface area contributed by atoms with Crippen LogP contribution in [0.25, 0.3) is 0 Å². The van der Waals surface area contributed by atoms with Crippen molar-refractivity contribution < 1.29 is 24.0 Å². The zero-order valence-electron chi connectivity index (χ0n) is 9.72. The zero-order chi connectivity index (χ0) is 14.6. The molecule has 0 radical (unpaired) electrons. The smallest absolute Gasteiger partial charge is 0.328 e. The molecule has 0 aliphatic heterocycles. The van der Waals surface area contributed by atoms with Crippen LogP contribution in [0.15, 0.2) is 28.3 Å². The number of rotatable bonds is 5. The van der Waals surface area contributed by atoms with Gasteiger partial charge in [-0.15, -0.1) is 0 Å². The fourth-order valence-corrected chi connectivity index (χ4v) is 1.55. The van der Waals surface area contributed by atoms with Crippen LogP contribution < -0.4 is 4.74 Å². The molecule has 0 amide bonds. The molecule has 0 heterocycles. The summed E-state index contributed by atoms with van der Waals surface area (Å²) in [5.74, 6) is -2.12. The van der Waals surface area contributed by atoms with Gasteiger partial charge in [0.2, 0.25) is 0 Å². The van der Waals surface area contributed by atoms with Gasteiger partial charge in [-0.3, -0.25) is 10.1 Å². The normalized spacial score (nSPS) is 11.2. The van der Waals surface area contributed by atoms with E-state index in [2.05, 4.69) is 15.9 Å². The third kappa shape index (κ3) is 4.32. The van der Waals surface area contributed by atoms with E-state index in [1.807, 2.05) is 0 Å². The molecular formula is C11H9BrFNO5. The quantitative estimate of drug-likeness (QED) is 0.508. The number of halogens is 2. The van der Waals surface area contributed by atoms with Crippen LogP contribution in [0.2, 0.25) is 0 Å². The van der Waals surface area contributed by atoms with E-state index in [4.69, 9.17) is 9.84 Å². The largest absolute Gasteiger partial charge is 0.482 e. The fourth-order valence-electron chi connectivity index (χ4n) is 1.22. The van der Waals surface area contributed by atoms with Crippen molar-refractivity contribution in [3.63, 3.8) is 0 Å². The van der Waals surface area contributed by atoms with Gasteiger partial charge in [-0.1, -0.05) is 0 Å². The minimum Gasteiger partial charge on any atom is -0.482 e. The van der Waals surface area contributed by atoms with Gasteiger partial charge in [0.25, 0.3) is 0 Å². The summed E-state index contributed by atoms with van der Waals surface area (Å²) >= 11 is 2.84. The lowest BCUT2D eigenvalue weighted by Crippen LogP contribution is -2.04. The van der Waals surface area contributed by atoms with Gasteiger partial charge in [-0.05, 0) is 28.4 Å². The number of nitro groups is 1. The Hall–Kier alpha value is -1.96. The summed E-state index contributed by atoms with van der Waals surface area (Å²) in [5.41, 5.74) is -0.0680. The van der Waals surface area contributed by atoms with Crippen molar-refractivity contribution in [1.29, 1.82) is 0 Å². The number of nitro benzene ring substituents is 1. The highest BCUT2D eigenvalue weighted by Gasteiger charge is 2.19. The number of carbonyl (C=O) groups is 1. The first-order valence-corrected chi connectivity index (χ1v) is 5.77. The van der Waals surface area contributed by atoms with Crippen LogP contribution in [0.4, 0.5) is 10.1 Å². The van der Waals surface area contributed by atoms with E-state index < -0.39 is 22.4 Å². The second-order valence-corrected chi connectivity index (χ2v) is 4.46. The standard InChI is InChI=1S/C11H9BrFNO5/c1-6(2-11(15)16)5-19-10-4-8(13)7(12)3-9(10)14(17)18/h2-4H,5H2,1H3,(H,15,16)/b6-2-. The summed E-state index contributed by atoms with van der Waals surface area (Å²) in [5, 5.41) is 19.3. The van der Waals surface area contributed by atoms with Crippen LogP contribution in [0.5, 0.6) is 5.75 Å². The van der Waals surface area contributed by atoms with Crippen molar-refractivity contribution >= 4 is 27.6 Å². The second kappa shape index (κ2) is 6.28. The van der Waals surface area contributed by atoms with E-state index in [1.165, 1.54) is 6.92 Å². The molecule has 0 spiro atoms. The second-order valence-electron chi connectivity index (χ2n) is 3.61. The van der Waals surface area contributed by atoms with E-state index in [9.17, 15) is 19.3 Å². The van der Waals surface area contributed by atoms with Crippen molar-refractivity contribution in [2.45, 2.75) is 6.92 Å². The van der Waals surface area contributed by atoms with Crippen molar-refractivity contribution in [3.8, 4) is 5.75 Å². The summed E-state index contributed by atoms with van der Waals surface area (Å²) < 4.78 is 18.3. The Kier molecular flexibility index (Phi) is 4.99. The van der Waals surface area contributed by atoms with Crippen LogP contribution in [-0.4, -0.2) is 22.6 Å². The molecule has 8 heteroatoms. The average Bonchev–Trinajstić information content (AvgIpc) is 2.29. The molecule has 0 atom stereocenters. The average molecular weight is 334 g/mol. The number of carboxylic acids is 1. The van der Waals surface area contributed by atoms with Crippen LogP contribution in [-0.2, 0) is 4.79 Å². The maximum Gasteiger partial charge on any atom is 0.328 e. The molecule has 0 aliphatic rings. The van der Waals surface area contributed by atoms with E-state index in [0.29, 0.717) is 5.57 Å². The van der Waals surface area contributed by atoms with E-state index >= 15 is 0 Å². The highest BCUT2D eigenvalue weighted by atomic mass is 79.9. The Balaban J connectivity index is 2.97. The minimum atomic E-state index is -1.16. The predicted octanol–water partition coefficient (Wildman–Crippen LogP) is 2.91. The lowest BCUT2D eigenvalue weighted by atomic mass is 10.2. The number of carboxylic acid groups (broad SMARTS) is 1. The molecule has 0 aromatic heterocycles.